The van der Waals surface area contributed by atoms with E-state index in [2.05, 4.69) is 0 Å². The molecule has 2 bridgehead atoms. The zero-order valence-electron chi connectivity index (χ0n) is 13.5. The van der Waals surface area contributed by atoms with Gasteiger partial charge < -0.3 is 14.6 Å². The van der Waals surface area contributed by atoms with Crippen LogP contribution in [0.3, 0.4) is 0 Å². The normalized spacial score (nSPS) is 32.4. The lowest BCUT2D eigenvalue weighted by Gasteiger charge is -2.26. The van der Waals surface area contributed by atoms with Crippen molar-refractivity contribution in [1.82, 2.24) is 0 Å². The highest BCUT2D eigenvalue weighted by molar-refractivity contribution is 6.23. The molecule has 7 heteroatoms. The van der Waals surface area contributed by atoms with Crippen molar-refractivity contribution < 1.29 is 29.0 Å². The molecule has 1 aromatic rings. The molecule has 7 nitrogen and oxygen atoms in total. The second kappa shape index (κ2) is 5.50. The molecule has 0 saturated carbocycles. The van der Waals surface area contributed by atoms with E-state index in [4.69, 9.17) is 9.47 Å². The van der Waals surface area contributed by atoms with Crippen LogP contribution in [-0.4, -0.2) is 47.8 Å². The summed E-state index contributed by atoms with van der Waals surface area (Å²) in [6, 6.07) is 6.23. The average molecular weight is 343 g/mol. The minimum Gasteiger partial charge on any atom is -0.462 e. The van der Waals surface area contributed by atoms with Crippen molar-refractivity contribution in [1.29, 1.82) is 0 Å². The minimum absolute atomic E-state index is 0.235. The van der Waals surface area contributed by atoms with E-state index < -0.39 is 35.4 Å². The van der Waals surface area contributed by atoms with Gasteiger partial charge in [0.25, 0.3) is 0 Å². The molecule has 25 heavy (non-hydrogen) atoms. The number of aliphatic hydroxyl groups excluding tert-OH is 1. The van der Waals surface area contributed by atoms with Gasteiger partial charge in [-0.1, -0.05) is 18.2 Å². The summed E-state index contributed by atoms with van der Waals surface area (Å²) in [6.45, 7) is 1.57. The third-order valence-electron chi connectivity index (χ3n) is 5.02. The molecule has 0 spiro atoms. The van der Waals surface area contributed by atoms with E-state index in [1.807, 2.05) is 0 Å². The molecule has 0 aromatic heterocycles. The quantitative estimate of drug-likeness (QED) is 0.491. The first-order valence-electron chi connectivity index (χ1n) is 8.15. The van der Waals surface area contributed by atoms with Crippen molar-refractivity contribution in [3.63, 3.8) is 0 Å². The van der Waals surface area contributed by atoms with Gasteiger partial charge in [-0.15, -0.1) is 0 Å². The van der Waals surface area contributed by atoms with Gasteiger partial charge in [0.05, 0.1) is 42.4 Å². The molecular formula is C18H17NO6. The van der Waals surface area contributed by atoms with Crippen LogP contribution >= 0.6 is 0 Å². The van der Waals surface area contributed by atoms with Gasteiger partial charge in [0.1, 0.15) is 5.60 Å². The van der Waals surface area contributed by atoms with Crippen molar-refractivity contribution in [3.05, 3.63) is 42.0 Å². The van der Waals surface area contributed by atoms with Crippen molar-refractivity contribution in [2.75, 3.05) is 18.1 Å². The zero-order valence-corrected chi connectivity index (χ0v) is 13.5. The van der Waals surface area contributed by atoms with Crippen molar-refractivity contribution >= 4 is 23.5 Å². The molecule has 1 N–H and O–H groups in total. The topological polar surface area (TPSA) is 93.1 Å². The van der Waals surface area contributed by atoms with Crippen LogP contribution in [0.25, 0.3) is 0 Å². The van der Waals surface area contributed by atoms with E-state index in [0.29, 0.717) is 5.69 Å². The second-order valence-corrected chi connectivity index (χ2v) is 6.34. The van der Waals surface area contributed by atoms with E-state index in [-0.39, 0.29) is 24.7 Å². The molecule has 3 heterocycles. The van der Waals surface area contributed by atoms with Gasteiger partial charge >= 0.3 is 5.97 Å². The van der Waals surface area contributed by atoms with Crippen LogP contribution in [0.5, 0.6) is 0 Å². The largest absolute Gasteiger partial charge is 0.462 e. The van der Waals surface area contributed by atoms with Crippen molar-refractivity contribution in [3.8, 4) is 0 Å². The number of benzene rings is 1. The van der Waals surface area contributed by atoms with Gasteiger partial charge in [-0.05, 0) is 25.1 Å². The Labute approximate surface area is 143 Å². The number of carbonyl (C=O) groups excluding carboxylic acids is 3. The predicted molar refractivity (Wildman–Crippen MR) is 85.7 cm³/mol. The Morgan fingerprint density at radius 1 is 1.36 bits per heavy atom. The first-order chi connectivity index (χ1) is 12.0. The summed E-state index contributed by atoms with van der Waals surface area (Å²) in [4.78, 5) is 38.8. The maximum Gasteiger partial charge on any atom is 0.338 e. The highest BCUT2D eigenvalue weighted by Gasteiger charge is 2.67. The summed E-state index contributed by atoms with van der Waals surface area (Å²) >= 11 is 0. The monoisotopic (exact) mass is 343 g/mol. The zero-order chi connectivity index (χ0) is 17.8. The van der Waals surface area contributed by atoms with Crippen molar-refractivity contribution in [2.24, 2.45) is 11.8 Å². The Hall–Kier alpha value is -2.51. The number of fused-ring (bicyclic) bond motifs is 5. The fourth-order valence-corrected chi connectivity index (χ4v) is 3.92. The number of anilines is 1. The predicted octanol–water partition coefficient (Wildman–Crippen LogP) is 0.669. The summed E-state index contributed by atoms with van der Waals surface area (Å²) in [7, 11) is 0. The van der Waals surface area contributed by atoms with E-state index in [1.54, 1.807) is 37.3 Å². The summed E-state index contributed by atoms with van der Waals surface area (Å²) < 4.78 is 10.7. The number of amides is 2. The van der Waals surface area contributed by atoms with Crippen LogP contribution in [0, 0.1) is 11.8 Å². The Balaban J connectivity index is 1.70. The van der Waals surface area contributed by atoms with Crippen molar-refractivity contribution in [2.45, 2.75) is 18.6 Å². The molecule has 2 saturated heterocycles. The standard InChI is InChI=1S/C18H17NO6/c1-2-24-17(23)10-4-3-5-11(8-10)19-15(21)13-12-6-7-18(9-20,25-12)14(13)16(19)22/h3-8,12-14,20H,2,9H2,1H3/t12-,13+,14-,18+/m0/s1. The maximum absolute atomic E-state index is 12.9. The van der Waals surface area contributed by atoms with Gasteiger partial charge in [-0.25, -0.2) is 9.69 Å². The summed E-state index contributed by atoms with van der Waals surface area (Å²) in [5, 5.41) is 9.71. The Kier molecular flexibility index (Phi) is 3.52. The van der Waals surface area contributed by atoms with Crippen LogP contribution in [0.1, 0.15) is 17.3 Å². The molecule has 2 amide bonds. The Morgan fingerprint density at radius 2 is 2.16 bits per heavy atom. The van der Waals surface area contributed by atoms with Gasteiger partial charge in [0, 0.05) is 0 Å². The molecule has 1 aromatic carbocycles. The van der Waals surface area contributed by atoms with Gasteiger partial charge in [-0.2, -0.15) is 0 Å². The van der Waals surface area contributed by atoms with Gasteiger partial charge in [0.15, 0.2) is 0 Å². The minimum atomic E-state index is -1.13. The van der Waals surface area contributed by atoms with E-state index in [1.165, 1.54) is 6.07 Å². The van der Waals surface area contributed by atoms with E-state index in [9.17, 15) is 19.5 Å². The average Bonchev–Trinajstić information content (AvgIpc) is 3.26. The van der Waals surface area contributed by atoms with Crippen LogP contribution in [-0.2, 0) is 19.1 Å². The number of rotatable bonds is 4. The van der Waals surface area contributed by atoms with Gasteiger partial charge in [0.2, 0.25) is 11.8 Å². The highest BCUT2D eigenvalue weighted by Crippen LogP contribution is 2.52. The third-order valence-corrected chi connectivity index (χ3v) is 5.02. The number of nitrogens with zero attached hydrogens (tertiary/aromatic N) is 1. The smallest absolute Gasteiger partial charge is 0.338 e. The summed E-state index contributed by atoms with van der Waals surface area (Å²) in [5.41, 5.74) is -0.538. The fraction of sp³-hybridized carbons (Fsp3) is 0.389. The number of esters is 1. The number of aliphatic hydroxyl groups is 1. The number of hydrogen-bond donors (Lipinski definition) is 1. The molecule has 0 aliphatic carbocycles. The van der Waals surface area contributed by atoms with Gasteiger partial charge in [-0.3, -0.25) is 9.59 Å². The molecule has 2 fully saturated rings. The van der Waals surface area contributed by atoms with Crippen LogP contribution in [0.4, 0.5) is 5.69 Å². The first-order valence-corrected chi connectivity index (χ1v) is 8.15. The number of imide groups is 1. The van der Waals surface area contributed by atoms with Crippen LogP contribution < -0.4 is 4.90 Å². The summed E-state index contributed by atoms with van der Waals surface area (Å²) in [6.07, 6.45) is 2.88. The number of carbonyl (C=O) groups is 3. The lowest BCUT2D eigenvalue weighted by Crippen LogP contribution is -2.43. The Bertz CT molecular complexity index is 803. The van der Waals surface area contributed by atoms with E-state index in [0.717, 1.165) is 4.90 Å². The molecule has 3 aliphatic heterocycles. The maximum atomic E-state index is 12.9. The Morgan fingerprint density at radius 3 is 2.88 bits per heavy atom. The van der Waals surface area contributed by atoms with E-state index >= 15 is 0 Å². The summed E-state index contributed by atoms with van der Waals surface area (Å²) in [5.74, 6) is -2.69. The number of hydrogen-bond acceptors (Lipinski definition) is 6. The molecule has 4 atom stereocenters. The molecule has 130 valence electrons. The molecule has 0 unspecified atom stereocenters. The molecule has 3 aliphatic rings. The molecule has 4 rings (SSSR count). The SMILES string of the molecule is CCOC(=O)c1cccc(N2C(=O)[C@@H]3[C@@H]4C=C[C@](CO)(O4)[C@@H]3C2=O)c1. The molecule has 0 radical (unpaired) electrons. The molecular weight excluding hydrogens is 326 g/mol. The lowest BCUT2D eigenvalue weighted by atomic mass is 9.77. The highest BCUT2D eigenvalue weighted by atomic mass is 16.5. The first kappa shape index (κ1) is 16.0. The number of ether oxygens (including phenoxy) is 2. The van der Waals surface area contributed by atoms with Crippen LogP contribution in [0.2, 0.25) is 0 Å². The third kappa shape index (κ3) is 2.09. The van der Waals surface area contributed by atoms with Crippen LogP contribution in [0.15, 0.2) is 36.4 Å². The second-order valence-electron chi connectivity index (χ2n) is 6.34. The fourth-order valence-electron chi connectivity index (χ4n) is 3.92. The lowest BCUT2D eigenvalue weighted by molar-refractivity contribution is -0.128.